The van der Waals surface area contributed by atoms with Crippen LogP contribution in [0.2, 0.25) is 0 Å². The van der Waals surface area contributed by atoms with Gasteiger partial charge in [0.25, 0.3) is 0 Å². The third-order valence-electron chi connectivity index (χ3n) is 4.82. The number of ether oxygens (including phenoxy) is 2. The minimum absolute atomic E-state index is 0.311. The Labute approximate surface area is 168 Å². The van der Waals surface area contributed by atoms with Gasteiger partial charge in [0.2, 0.25) is 0 Å². The summed E-state index contributed by atoms with van der Waals surface area (Å²) in [6.45, 7) is 6.60. The minimum Gasteiger partial charge on any atom is -0.493 e. The molecule has 0 spiro atoms. The predicted molar refractivity (Wildman–Crippen MR) is 107 cm³/mol. The van der Waals surface area contributed by atoms with Crippen LogP contribution in [0.15, 0.2) is 36.4 Å². The molecule has 0 aliphatic heterocycles. The first-order valence-electron chi connectivity index (χ1n) is 9.33. The second kappa shape index (κ2) is 7.61. The Bertz CT molecular complexity index is 1020. The van der Waals surface area contributed by atoms with Gasteiger partial charge in [-0.05, 0) is 42.3 Å². The van der Waals surface area contributed by atoms with Crippen LogP contribution in [-0.2, 0) is 24.6 Å². The summed E-state index contributed by atoms with van der Waals surface area (Å²) in [4.78, 5) is 4.55. The Kier molecular flexibility index (Phi) is 5.52. The summed E-state index contributed by atoms with van der Waals surface area (Å²) >= 11 is 0. The predicted octanol–water partition coefficient (Wildman–Crippen LogP) is 5.61. The molecule has 0 aliphatic rings. The summed E-state index contributed by atoms with van der Waals surface area (Å²) in [7, 11) is 3.17. The van der Waals surface area contributed by atoms with Crippen LogP contribution in [-0.4, -0.2) is 23.8 Å². The highest BCUT2D eigenvalue weighted by molar-refractivity contribution is 5.77. The first-order chi connectivity index (χ1) is 13.5. The van der Waals surface area contributed by atoms with Gasteiger partial charge in [-0.2, -0.15) is 13.2 Å². The second-order valence-corrected chi connectivity index (χ2v) is 7.98. The Balaban J connectivity index is 1.99. The topological polar surface area (TPSA) is 36.3 Å². The van der Waals surface area contributed by atoms with Crippen molar-refractivity contribution in [3.05, 3.63) is 53.3 Å². The van der Waals surface area contributed by atoms with E-state index >= 15 is 0 Å². The Hall–Kier alpha value is -2.70. The number of fused-ring (bicyclic) bond motifs is 1. The van der Waals surface area contributed by atoms with E-state index in [-0.39, 0.29) is 5.41 Å². The smallest absolute Gasteiger partial charge is 0.416 e. The number of aromatic nitrogens is 2. The molecule has 0 saturated carbocycles. The lowest BCUT2D eigenvalue weighted by atomic mass is 9.95. The molecule has 0 fully saturated rings. The van der Waals surface area contributed by atoms with E-state index < -0.39 is 11.7 Å². The van der Waals surface area contributed by atoms with Crippen molar-refractivity contribution in [2.75, 3.05) is 14.2 Å². The average Bonchev–Trinajstić information content (AvgIpc) is 3.03. The van der Waals surface area contributed by atoms with E-state index in [4.69, 9.17) is 9.47 Å². The van der Waals surface area contributed by atoms with Crippen LogP contribution >= 0.6 is 0 Å². The largest absolute Gasteiger partial charge is 0.493 e. The lowest BCUT2D eigenvalue weighted by Gasteiger charge is -2.20. The number of nitrogens with zero attached hydrogens (tertiary/aromatic N) is 2. The van der Waals surface area contributed by atoms with Crippen molar-refractivity contribution < 1.29 is 22.6 Å². The van der Waals surface area contributed by atoms with Crippen LogP contribution in [0.25, 0.3) is 11.0 Å². The van der Waals surface area contributed by atoms with Crippen molar-refractivity contribution in [2.24, 2.45) is 0 Å². The van der Waals surface area contributed by atoms with E-state index in [0.717, 1.165) is 23.5 Å². The molecule has 0 aliphatic carbocycles. The fraction of sp³-hybridized carbons (Fsp3) is 0.409. The summed E-state index contributed by atoms with van der Waals surface area (Å²) in [5.41, 5.74) is 1.10. The average molecular weight is 406 g/mol. The van der Waals surface area contributed by atoms with Crippen molar-refractivity contribution in [1.82, 2.24) is 9.55 Å². The van der Waals surface area contributed by atoms with Crippen molar-refractivity contribution in [3.63, 3.8) is 0 Å². The van der Waals surface area contributed by atoms with E-state index in [1.165, 1.54) is 6.07 Å². The molecule has 0 bridgehead atoms. The maximum atomic E-state index is 13.1. The summed E-state index contributed by atoms with van der Waals surface area (Å²) in [6, 6.07) is 9.46. The molecule has 3 aromatic rings. The quantitative estimate of drug-likeness (QED) is 0.552. The molecule has 156 valence electrons. The van der Waals surface area contributed by atoms with Gasteiger partial charge in [0, 0.05) is 12.0 Å². The van der Waals surface area contributed by atoms with Crippen LogP contribution in [0.1, 0.15) is 37.7 Å². The molecule has 4 nitrogen and oxygen atoms in total. The van der Waals surface area contributed by atoms with Crippen molar-refractivity contribution in [2.45, 2.75) is 45.3 Å². The monoisotopic (exact) mass is 406 g/mol. The molecule has 0 amide bonds. The highest BCUT2D eigenvalue weighted by Gasteiger charge is 2.31. The van der Waals surface area contributed by atoms with Gasteiger partial charge in [-0.1, -0.05) is 26.8 Å². The fourth-order valence-corrected chi connectivity index (χ4v) is 3.38. The van der Waals surface area contributed by atoms with E-state index in [0.29, 0.717) is 35.5 Å². The zero-order chi connectivity index (χ0) is 21.4. The fourth-order valence-electron chi connectivity index (χ4n) is 3.38. The molecule has 0 saturated heterocycles. The highest BCUT2D eigenvalue weighted by atomic mass is 19.4. The SMILES string of the molecule is COc1ccc(CCn2c(C(C)(C)C)nc3cc(C(F)(F)F)ccc32)cc1OC. The lowest BCUT2D eigenvalue weighted by Crippen LogP contribution is -2.19. The standard InChI is InChI=1S/C22H25F3N2O2/c1-21(2,3)20-26-16-13-15(22(23,24)25)7-8-17(16)27(20)11-10-14-6-9-18(28-4)19(12-14)29-5/h6-9,12-13H,10-11H2,1-5H3. The summed E-state index contributed by atoms with van der Waals surface area (Å²) < 4.78 is 51.9. The first-order valence-corrected chi connectivity index (χ1v) is 9.33. The lowest BCUT2D eigenvalue weighted by molar-refractivity contribution is -0.137. The third kappa shape index (κ3) is 4.33. The van der Waals surface area contributed by atoms with E-state index in [9.17, 15) is 13.2 Å². The molecule has 29 heavy (non-hydrogen) atoms. The molecule has 3 rings (SSSR count). The number of rotatable bonds is 5. The number of imidazole rings is 1. The van der Waals surface area contributed by atoms with E-state index in [1.807, 2.05) is 43.5 Å². The maximum Gasteiger partial charge on any atom is 0.416 e. The molecule has 2 aromatic carbocycles. The number of alkyl halides is 3. The molecule has 0 unspecified atom stereocenters. The van der Waals surface area contributed by atoms with Crippen molar-refractivity contribution in [1.29, 1.82) is 0 Å². The zero-order valence-electron chi connectivity index (χ0n) is 17.2. The molecule has 1 aromatic heterocycles. The molecular formula is C22H25F3N2O2. The van der Waals surface area contributed by atoms with Crippen molar-refractivity contribution in [3.8, 4) is 11.5 Å². The van der Waals surface area contributed by atoms with E-state index in [2.05, 4.69) is 4.98 Å². The van der Waals surface area contributed by atoms with E-state index in [1.54, 1.807) is 14.2 Å². The molecule has 0 N–H and O–H groups in total. The number of aryl methyl sites for hydroxylation is 2. The van der Waals surface area contributed by atoms with Gasteiger partial charge in [0.1, 0.15) is 5.82 Å². The second-order valence-electron chi connectivity index (χ2n) is 7.98. The Morgan fingerprint density at radius 2 is 1.62 bits per heavy atom. The number of hydrogen-bond acceptors (Lipinski definition) is 3. The molecule has 1 heterocycles. The number of hydrogen-bond donors (Lipinski definition) is 0. The maximum absolute atomic E-state index is 13.1. The summed E-state index contributed by atoms with van der Waals surface area (Å²) in [5, 5.41) is 0. The van der Waals surface area contributed by atoms with Gasteiger partial charge >= 0.3 is 6.18 Å². The molecule has 0 atom stereocenters. The Morgan fingerprint density at radius 3 is 2.21 bits per heavy atom. The van der Waals surface area contributed by atoms with Gasteiger partial charge in [0.05, 0.1) is 30.8 Å². The van der Waals surface area contributed by atoms with Crippen molar-refractivity contribution >= 4 is 11.0 Å². The van der Waals surface area contributed by atoms with Crippen LogP contribution in [0.3, 0.4) is 0 Å². The van der Waals surface area contributed by atoms with Crippen LogP contribution in [0.5, 0.6) is 11.5 Å². The highest BCUT2D eigenvalue weighted by Crippen LogP contribution is 2.34. The molecule has 7 heteroatoms. The zero-order valence-corrected chi connectivity index (χ0v) is 17.2. The normalized spacial score (nSPS) is 12.4. The Morgan fingerprint density at radius 1 is 0.931 bits per heavy atom. The first kappa shape index (κ1) is 21.0. The number of benzene rings is 2. The third-order valence-corrected chi connectivity index (χ3v) is 4.82. The van der Waals surface area contributed by atoms with Crippen LogP contribution < -0.4 is 9.47 Å². The molecule has 0 radical (unpaired) electrons. The van der Waals surface area contributed by atoms with Crippen LogP contribution in [0, 0.1) is 0 Å². The molecular weight excluding hydrogens is 381 g/mol. The van der Waals surface area contributed by atoms with Gasteiger partial charge < -0.3 is 14.0 Å². The summed E-state index contributed by atoms with van der Waals surface area (Å²) in [5.74, 6) is 2.05. The number of halogens is 3. The minimum atomic E-state index is -4.39. The van der Waals surface area contributed by atoms with Crippen LogP contribution in [0.4, 0.5) is 13.2 Å². The van der Waals surface area contributed by atoms with Gasteiger partial charge in [0.15, 0.2) is 11.5 Å². The van der Waals surface area contributed by atoms with Gasteiger partial charge in [-0.3, -0.25) is 0 Å². The summed E-state index contributed by atoms with van der Waals surface area (Å²) in [6.07, 6.45) is -3.71. The van der Waals surface area contributed by atoms with Gasteiger partial charge in [-0.15, -0.1) is 0 Å². The van der Waals surface area contributed by atoms with Gasteiger partial charge in [-0.25, -0.2) is 4.98 Å². The number of methoxy groups -OCH3 is 2.